The van der Waals surface area contributed by atoms with Crippen molar-refractivity contribution in [2.24, 2.45) is 0 Å². The first kappa shape index (κ1) is 27.2. The number of sulfone groups is 1. The number of rotatable bonds is 5. The summed E-state index contributed by atoms with van der Waals surface area (Å²) in [5.74, 6) is 0.461. The van der Waals surface area contributed by atoms with E-state index in [1.807, 2.05) is 4.90 Å². The van der Waals surface area contributed by atoms with Gasteiger partial charge in [-0.1, -0.05) is 15.9 Å². The van der Waals surface area contributed by atoms with Gasteiger partial charge in [0.1, 0.15) is 11.4 Å². The van der Waals surface area contributed by atoms with Gasteiger partial charge in [0.2, 0.25) is 9.84 Å². The molecule has 0 N–H and O–H groups in total. The first-order chi connectivity index (χ1) is 17.3. The van der Waals surface area contributed by atoms with Gasteiger partial charge in [-0.05, 0) is 57.2 Å². The Morgan fingerprint density at radius 1 is 1.05 bits per heavy atom. The first-order valence-electron chi connectivity index (χ1n) is 11.6. The second-order valence-corrected chi connectivity index (χ2v) is 12.5. The molecule has 0 bridgehead atoms. The smallest absolute Gasteiger partial charge is 0.410 e. The van der Waals surface area contributed by atoms with Crippen LogP contribution in [-0.2, 0) is 14.6 Å². The molecule has 1 aromatic heterocycles. The van der Waals surface area contributed by atoms with Crippen molar-refractivity contribution in [3.63, 3.8) is 0 Å². The summed E-state index contributed by atoms with van der Waals surface area (Å²) in [6, 6.07) is 8.99. The van der Waals surface area contributed by atoms with E-state index < -0.39 is 28.1 Å². The molecule has 1 aliphatic rings. The highest BCUT2D eigenvalue weighted by Gasteiger charge is 2.30. The predicted octanol–water partition coefficient (Wildman–Crippen LogP) is 5.70. The van der Waals surface area contributed by atoms with E-state index >= 15 is 0 Å². The Labute approximate surface area is 222 Å². The number of carbonyl (C=O) groups is 1. The van der Waals surface area contributed by atoms with Gasteiger partial charge in [-0.25, -0.2) is 13.2 Å². The fourth-order valence-corrected chi connectivity index (χ4v) is 6.07. The van der Waals surface area contributed by atoms with E-state index in [2.05, 4.69) is 15.9 Å². The molecule has 8 nitrogen and oxygen atoms in total. The number of hydrogen-bond donors (Lipinski definition) is 0. The fourth-order valence-electron chi connectivity index (χ4n) is 4.24. The third-order valence-electron chi connectivity index (χ3n) is 5.99. The molecular formula is C25H28BrF2N3O5S. The molecule has 4 rings (SSSR count). The van der Waals surface area contributed by atoms with E-state index in [4.69, 9.17) is 9.47 Å². The van der Waals surface area contributed by atoms with Crippen molar-refractivity contribution in [1.82, 2.24) is 9.47 Å². The van der Waals surface area contributed by atoms with Crippen LogP contribution in [0.1, 0.15) is 27.3 Å². The number of alkyl halides is 2. The summed E-state index contributed by atoms with van der Waals surface area (Å²) in [6.07, 6.45) is 0.567. The molecule has 3 aromatic rings. The Kier molecular flexibility index (Phi) is 7.44. The van der Waals surface area contributed by atoms with Crippen LogP contribution in [0.25, 0.3) is 10.9 Å². The van der Waals surface area contributed by atoms with Crippen LogP contribution in [0.15, 0.2) is 56.9 Å². The van der Waals surface area contributed by atoms with Gasteiger partial charge in [-0.15, -0.1) is 0 Å². The Bertz CT molecular complexity index is 1430. The molecule has 200 valence electrons. The average molecular weight is 600 g/mol. The van der Waals surface area contributed by atoms with E-state index in [1.165, 1.54) is 31.4 Å². The summed E-state index contributed by atoms with van der Waals surface area (Å²) in [5, 5.41) is 0.193. The second-order valence-electron chi connectivity index (χ2n) is 9.63. The van der Waals surface area contributed by atoms with Gasteiger partial charge in [0, 0.05) is 42.2 Å². The van der Waals surface area contributed by atoms with Crippen molar-refractivity contribution < 1.29 is 31.5 Å². The number of ether oxygens (including phenoxy) is 2. The molecule has 37 heavy (non-hydrogen) atoms. The van der Waals surface area contributed by atoms with E-state index in [9.17, 15) is 22.0 Å². The largest absolute Gasteiger partial charge is 0.495 e. The summed E-state index contributed by atoms with van der Waals surface area (Å²) in [7, 11) is -2.68. The highest BCUT2D eigenvalue weighted by atomic mass is 79.9. The van der Waals surface area contributed by atoms with Crippen LogP contribution in [0.2, 0.25) is 0 Å². The molecule has 2 heterocycles. The van der Waals surface area contributed by atoms with Crippen LogP contribution in [0, 0.1) is 0 Å². The molecule has 1 fully saturated rings. The van der Waals surface area contributed by atoms with Crippen molar-refractivity contribution in [3.05, 3.63) is 47.1 Å². The molecule has 0 saturated carbocycles. The quantitative estimate of drug-likeness (QED) is 0.374. The lowest BCUT2D eigenvalue weighted by molar-refractivity contribution is 0.0240. The van der Waals surface area contributed by atoms with Gasteiger partial charge in [-0.3, -0.25) is 4.57 Å². The topological polar surface area (TPSA) is 81.1 Å². The minimum atomic E-state index is -4.17. The minimum Gasteiger partial charge on any atom is -0.495 e. The van der Waals surface area contributed by atoms with Gasteiger partial charge in [0.25, 0.3) is 0 Å². The fraction of sp³-hybridized carbons (Fsp3) is 0.400. The number of nitrogens with zero attached hydrogens (tertiary/aromatic N) is 3. The molecule has 1 amide bonds. The molecule has 0 atom stereocenters. The van der Waals surface area contributed by atoms with Gasteiger partial charge in [0.15, 0.2) is 0 Å². The number of hydrogen-bond acceptors (Lipinski definition) is 6. The molecule has 0 spiro atoms. The van der Waals surface area contributed by atoms with Crippen LogP contribution in [0.4, 0.5) is 19.3 Å². The van der Waals surface area contributed by atoms with Crippen LogP contribution in [-0.4, -0.2) is 62.9 Å². The van der Waals surface area contributed by atoms with Crippen molar-refractivity contribution in [1.29, 1.82) is 0 Å². The highest BCUT2D eigenvalue weighted by Crippen LogP contribution is 2.38. The highest BCUT2D eigenvalue weighted by molar-refractivity contribution is 9.10. The average Bonchev–Trinajstić information content (AvgIpc) is 3.22. The first-order valence-corrected chi connectivity index (χ1v) is 13.8. The maximum absolute atomic E-state index is 13.7. The standard InChI is InChI=1S/C25H28BrF2N3O5S/c1-25(2,3)36-24(32)30-11-9-29(10-12-30)20-14-17(6-8-21(20)35-4)37(33,34)22-15-31(23(27)28)19-7-5-16(26)13-18(19)22/h5-8,13-15,23H,9-12H2,1-4H3. The maximum atomic E-state index is 13.7. The Morgan fingerprint density at radius 3 is 2.32 bits per heavy atom. The third-order valence-corrected chi connectivity index (χ3v) is 8.26. The Balaban J connectivity index is 1.67. The molecule has 0 unspecified atom stereocenters. The zero-order chi connectivity index (χ0) is 27.1. The molecular weight excluding hydrogens is 572 g/mol. The van der Waals surface area contributed by atoms with Crippen LogP contribution in [0.3, 0.4) is 0 Å². The molecule has 2 aromatic carbocycles. The van der Waals surface area contributed by atoms with Crippen LogP contribution >= 0.6 is 15.9 Å². The molecule has 1 aliphatic heterocycles. The van der Waals surface area contributed by atoms with Gasteiger partial charge in [-0.2, -0.15) is 8.78 Å². The molecule has 1 saturated heterocycles. The van der Waals surface area contributed by atoms with E-state index in [0.717, 1.165) is 6.20 Å². The number of benzene rings is 2. The third kappa shape index (κ3) is 5.54. The molecule has 12 heteroatoms. The number of anilines is 1. The summed E-state index contributed by atoms with van der Waals surface area (Å²) in [6.45, 7) is 4.11. The number of methoxy groups -OCH3 is 1. The normalized spacial score (nSPS) is 14.9. The Hall–Kier alpha value is -2.86. The minimum absolute atomic E-state index is 0.0498. The van der Waals surface area contributed by atoms with Gasteiger partial charge in [0.05, 0.1) is 28.1 Å². The van der Waals surface area contributed by atoms with Crippen LogP contribution in [0.5, 0.6) is 5.75 Å². The number of carbonyl (C=O) groups excluding carboxylic acids is 1. The van der Waals surface area contributed by atoms with Crippen LogP contribution < -0.4 is 9.64 Å². The summed E-state index contributed by atoms with van der Waals surface area (Å²) >= 11 is 3.30. The number of amides is 1. The number of aromatic nitrogens is 1. The monoisotopic (exact) mass is 599 g/mol. The summed E-state index contributed by atoms with van der Waals surface area (Å²) in [4.78, 5) is 15.7. The number of halogens is 3. The van der Waals surface area contributed by atoms with Crippen molar-refractivity contribution in [2.75, 3.05) is 38.2 Å². The molecule has 0 radical (unpaired) electrons. The summed E-state index contributed by atoms with van der Waals surface area (Å²) < 4.78 is 66.9. The maximum Gasteiger partial charge on any atom is 0.410 e. The lowest BCUT2D eigenvalue weighted by atomic mass is 10.2. The van der Waals surface area contributed by atoms with Gasteiger partial charge >= 0.3 is 12.6 Å². The van der Waals surface area contributed by atoms with E-state index in [0.29, 0.717) is 46.7 Å². The van der Waals surface area contributed by atoms with E-state index in [1.54, 1.807) is 37.8 Å². The van der Waals surface area contributed by atoms with Crippen molar-refractivity contribution >= 4 is 48.5 Å². The number of fused-ring (bicyclic) bond motifs is 1. The number of piperazine rings is 1. The Morgan fingerprint density at radius 2 is 1.73 bits per heavy atom. The lowest BCUT2D eigenvalue weighted by Crippen LogP contribution is -2.50. The summed E-state index contributed by atoms with van der Waals surface area (Å²) in [5.41, 5.74) is 0.0401. The zero-order valence-corrected chi connectivity index (χ0v) is 23.3. The zero-order valence-electron chi connectivity index (χ0n) is 20.9. The van der Waals surface area contributed by atoms with Gasteiger partial charge < -0.3 is 19.3 Å². The second kappa shape index (κ2) is 10.1. The van der Waals surface area contributed by atoms with Crippen molar-refractivity contribution in [3.8, 4) is 5.75 Å². The lowest BCUT2D eigenvalue weighted by Gasteiger charge is -2.37. The molecule has 0 aliphatic carbocycles. The SMILES string of the molecule is COc1ccc(S(=O)(=O)c2cn(C(F)F)c3ccc(Br)cc23)cc1N1CCN(C(=O)OC(C)(C)C)CC1. The van der Waals surface area contributed by atoms with Crippen molar-refractivity contribution in [2.45, 2.75) is 42.7 Å². The predicted molar refractivity (Wildman–Crippen MR) is 139 cm³/mol. The van der Waals surface area contributed by atoms with E-state index in [-0.39, 0.29) is 20.7 Å².